The highest BCUT2D eigenvalue weighted by molar-refractivity contribution is 7.89. The van der Waals surface area contributed by atoms with E-state index in [-0.39, 0.29) is 16.8 Å². The zero-order valence-electron chi connectivity index (χ0n) is 19.2. The Morgan fingerprint density at radius 2 is 1.69 bits per heavy atom. The largest absolute Gasteiger partial charge is 0.348 e. The number of benzene rings is 3. The van der Waals surface area contributed by atoms with Gasteiger partial charge in [-0.1, -0.05) is 54.6 Å². The number of carbonyl (C=O) groups is 2. The first kappa shape index (κ1) is 23.3. The van der Waals surface area contributed by atoms with Gasteiger partial charge in [0.1, 0.15) is 6.04 Å². The molecule has 2 amide bonds. The summed E-state index contributed by atoms with van der Waals surface area (Å²) < 4.78 is 29.4. The second-order valence-corrected chi connectivity index (χ2v) is 10.7. The standard InChI is InChI=1S/C27H27N3O4S/c31-25-16-13-20-17-21(14-15-23(20)28-25)35(33,34)30-26(19-8-2-1-3-9-19)27(32)29-24-12-6-10-18-7-4-5-11-22(18)24/h1-5,7-9,11,14-15,17,24,26,30H,6,10,12-13,16H2,(H,28,31)(H,29,32). The van der Waals surface area contributed by atoms with Crippen LogP contribution in [0.4, 0.5) is 5.69 Å². The van der Waals surface area contributed by atoms with Gasteiger partial charge in [0.05, 0.1) is 10.9 Å². The third kappa shape index (κ3) is 4.99. The van der Waals surface area contributed by atoms with E-state index in [0.717, 1.165) is 30.4 Å². The number of sulfonamides is 1. The highest BCUT2D eigenvalue weighted by atomic mass is 32.2. The molecule has 2 unspecified atom stereocenters. The molecule has 1 aliphatic carbocycles. The highest BCUT2D eigenvalue weighted by Crippen LogP contribution is 2.31. The summed E-state index contributed by atoms with van der Waals surface area (Å²) in [5.41, 5.74) is 4.23. The lowest BCUT2D eigenvalue weighted by Crippen LogP contribution is -2.42. The third-order valence-corrected chi connectivity index (χ3v) is 8.06. The van der Waals surface area contributed by atoms with E-state index in [4.69, 9.17) is 0 Å². The number of rotatable bonds is 6. The van der Waals surface area contributed by atoms with E-state index in [0.29, 0.717) is 24.1 Å². The molecule has 1 heterocycles. The van der Waals surface area contributed by atoms with Gasteiger partial charge in [0.25, 0.3) is 0 Å². The summed E-state index contributed by atoms with van der Waals surface area (Å²) in [6.45, 7) is 0. The first-order chi connectivity index (χ1) is 16.9. The number of fused-ring (bicyclic) bond motifs is 2. The Kier molecular flexibility index (Phi) is 6.40. The summed E-state index contributed by atoms with van der Waals surface area (Å²) in [4.78, 5) is 25.2. The Hall–Kier alpha value is -3.49. The van der Waals surface area contributed by atoms with Crippen LogP contribution in [0.2, 0.25) is 0 Å². The van der Waals surface area contributed by atoms with Crippen molar-refractivity contribution < 1.29 is 18.0 Å². The predicted octanol–water partition coefficient (Wildman–Crippen LogP) is 3.78. The molecule has 0 aromatic heterocycles. The monoisotopic (exact) mass is 489 g/mol. The van der Waals surface area contributed by atoms with E-state index in [1.807, 2.05) is 24.3 Å². The van der Waals surface area contributed by atoms with Crippen LogP contribution in [-0.4, -0.2) is 20.2 Å². The van der Waals surface area contributed by atoms with Gasteiger partial charge in [0, 0.05) is 12.1 Å². The van der Waals surface area contributed by atoms with E-state index in [9.17, 15) is 18.0 Å². The molecular weight excluding hydrogens is 462 g/mol. The minimum Gasteiger partial charge on any atom is -0.348 e. The van der Waals surface area contributed by atoms with Gasteiger partial charge in [0.15, 0.2) is 0 Å². The average Bonchev–Trinajstić information content (AvgIpc) is 2.87. The van der Waals surface area contributed by atoms with Crippen molar-refractivity contribution in [2.45, 2.75) is 49.1 Å². The summed E-state index contributed by atoms with van der Waals surface area (Å²) >= 11 is 0. The number of anilines is 1. The van der Waals surface area contributed by atoms with Crippen molar-refractivity contribution in [3.05, 3.63) is 95.1 Å². The summed E-state index contributed by atoms with van der Waals surface area (Å²) in [5, 5.41) is 5.85. The SMILES string of the molecule is O=C1CCc2cc(S(=O)(=O)NC(C(=O)NC3CCCc4ccccc43)c3ccccc3)ccc2N1. The van der Waals surface area contributed by atoms with E-state index in [2.05, 4.69) is 21.4 Å². The van der Waals surface area contributed by atoms with E-state index in [1.54, 1.807) is 36.4 Å². The average molecular weight is 490 g/mol. The van der Waals surface area contributed by atoms with Crippen LogP contribution >= 0.6 is 0 Å². The van der Waals surface area contributed by atoms with Gasteiger partial charge >= 0.3 is 0 Å². The minimum atomic E-state index is -4.02. The molecule has 0 saturated heterocycles. The van der Waals surface area contributed by atoms with Crippen LogP contribution in [0.3, 0.4) is 0 Å². The highest BCUT2D eigenvalue weighted by Gasteiger charge is 2.31. The number of amides is 2. The van der Waals surface area contributed by atoms with E-state index in [1.165, 1.54) is 11.6 Å². The van der Waals surface area contributed by atoms with Gasteiger partial charge in [-0.3, -0.25) is 9.59 Å². The van der Waals surface area contributed by atoms with Gasteiger partial charge in [-0.05, 0) is 66.1 Å². The molecule has 3 N–H and O–H groups in total. The molecule has 0 bridgehead atoms. The number of carbonyl (C=O) groups excluding carboxylic acids is 2. The van der Waals surface area contributed by atoms with Crippen molar-refractivity contribution in [3.8, 4) is 0 Å². The Bertz CT molecular complexity index is 1370. The summed E-state index contributed by atoms with van der Waals surface area (Å²) in [6, 6.07) is 20.3. The van der Waals surface area contributed by atoms with Gasteiger partial charge in [-0.15, -0.1) is 0 Å². The lowest BCUT2D eigenvalue weighted by molar-refractivity contribution is -0.123. The van der Waals surface area contributed by atoms with Crippen LogP contribution < -0.4 is 15.4 Å². The third-order valence-electron chi connectivity index (χ3n) is 6.64. The van der Waals surface area contributed by atoms with E-state index >= 15 is 0 Å². The van der Waals surface area contributed by atoms with Crippen LogP contribution in [0.25, 0.3) is 0 Å². The normalized spacial score (nSPS) is 18.1. The minimum absolute atomic E-state index is 0.0594. The Balaban J connectivity index is 1.42. The first-order valence-corrected chi connectivity index (χ1v) is 13.3. The lowest BCUT2D eigenvalue weighted by Gasteiger charge is -2.28. The van der Waals surface area contributed by atoms with Gasteiger partial charge in [0.2, 0.25) is 21.8 Å². The number of nitrogens with one attached hydrogen (secondary N) is 3. The zero-order valence-corrected chi connectivity index (χ0v) is 20.0. The molecule has 7 nitrogen and oxygen atoms in total. The van der Waals surface area contributed by atoms with Crippen LogP contribution in [-0.2, 0) is 32.5 Å². The van der Waals surface area contributed by atoms with Crippen molar-refractivity contribution in [1.29, 1.82) is 0 Å². The molecule has 1 aliphatic heterocycles. The summed E-state index contributed by atoms with van der Waals surface area (Å²) in [5.74, 6) is -0.483. The van der Waals surface area contributed by atoms with Crippen LogP contribution in [0, 0.1) is 0 Å². The molecule has 8 heteroatoms. The molecule has 0 spiro atoms. The molecule has 0 radical (unpaired) electrons. The van der Waals surface area contributed by atoms with Gasteiger partial charge in [-0.2, -0.15) is 4.72 Å². The fraction of sp³-hybridized carbons (Fsp3) is 0.259. The second-order valence-electron chi connectivity index (χ2n) is 8.98. The number of hydrogen-bond donors (Lipinski definition) is 3. The predicted molar refractivity (Wildman–Crippen MR) is 133 cm³/mol. The van der Waals surface area contributed by atoms with Crippen LogP contribution in [0.1, 0.15) is 53.6 Å². The molecule has 35 heavy (non-hydrogen) atoms. The van der Waals surface area contributed by atoms with Crippen molar-refractivity contribution in [1.82, 2.24) is 10.0 Å². The molecule has 3 aromatic rings. The lowest BCUT2D eigenvalue weighted by atomic mass is 9.87. The molecule has 2 atom stereocenters. The Morgan fingerprint density at radius 3 is 2.51 bits per heavy atom. The topological polar surface area (TPSA) is 104 Å². The smallest absolute Gasteiger partial charge is 0.243 e. The van der Waals surface area contributed by atoms with Gasteiger partial charge in [-0.25, -0.2) is 8.42 Å². The zero-order chi connectivity index (χ0) is 24.4. The van der Waals surface area contributed by atoms with Crippen LogP contribution in [0.5, 0.6) is 0 Å². The Morgan fingerprint density at radius 1 is 0.914 bits per heavy atom. The summed E-state index contributed by atoms with van der Waals surface area (Å²) in [6.07, 6.45) is 3.50. The maximum absolute atomic E-state index is 13.5. The van der Waals surface area contributed by atoms with Gasteiger partial charge < -0.3 is 10.6 Å². The fourth-order valence-corrected chi connectivity index (χ4v) is 6.06. The summed E-state index contributed by atoms with van der Waals surface area (Å²) in [7, 11) is -4.02. The molecule has 3 aromatic carbocycles. The molecule has 0 saturated carbocycles. The van der Waals surface area contributed by atoms with Crippen molar-refractivity contribution >= 4 is 27.5 Å². The van der Waals surface area contributed by atoms with Crippen molar-refractivity contribution in [2.75, 3.05) is 5.32 Å². The molecule has 180 valence electrons. The first-order valence-electron chi connectivity index (χ1n) is 11.8. The molecule has 5 rings (SSSR count). The molecule has 2 aliphatic rings. The molecule has 0 fully saturated rings. The van der Waals surface area contributed by atoms with Crippen molar-refractivity contribution in [2.24, 2.45) is 0 Å². The van der Waals surface area contributed by atoms with Crippen molar-refractivity contribution in [3.63, 3.8) is 0 Å². The maximum Gasteiger partial charge on any atom is 0.243 e. The Labute approximate surface area is 205 Å². The number of aryl methyl sites for hydroxylation is 2. The maximum atomic E-state index is 13.5. The molecular formula is C27H27N3O4S. The van der Waals surface area contributed by atoms with E-state index < -0.39 is 22.0 Å². The van der Waals surface area contributed by atoms with Crippen LogP contribution in [0.15, 0.2) is 77.7 Å². The second kappa shape index (κ2) is 9.64. The number of hydrogen-bond acceptors (Lipinski definition) is 4. The fourth-order valence-electron chi connectivity index (χ4n) is 4.83. The quantitative estimate of drug-likeness (QED) is 0.490.